The van der Waals surface area contributed by atoms with E-state index in [1.54, 1.807) is 24.3 Å². The van der Waals surface area contributed by atoms with Crippen LogP contribution in [0.15, 0.2) is 146 Å². The van der Waals surface area contributed by atoms with Gasteiger partial charge in [-0.25, -0.2) is 9.59 Å². The van der Waals surface area contributed by atoms with Gasteiger partial charge in [-0.05, 0) is 92.0 Å². The fourth-order valence-corrected chi connectivity index (χ4v) is 6.50. The molecule has 4 nitrogen and oxygen atoms in total. The van der Waals surface area contributed by atoms with E-state index in [0.717, 1.165) is 33.4 Å². The van der Waals surface area contributed by atoms with Crippen LogP contribution in [0.1, 0.15) is 43.0 Å². The van der Waals surface area contributed by atoms with Gasteiger partial charge in [-0.2, -0.15) is 0 Å². The molecule has 0 bridgehead atoms. The van der Waals surface area contributed by atoms with Crippen molar-refractivity contribution in [1.82, 2.24) is 0 Å². The molecule has 0 amide bonds. The molecule has 0 heterocycles. The Morgan fingerprint density at radius 2 is 0.814 bits per heavy atom. The summed E-state index contributed by atoms with van der Waals surface area (Å²) < 4.78 is 0. The largest absolute Gasteiger partial charge is 0.478 e. The van der Waals surface area contributed by atoms with Crippen molar-refractivity contribution in [2.75, 3.05) is 0 Å². The minimum absolute atomic E-state index is 0.253. The summed E-state index contributed by atoms with van der Waals surface area (Å²) in [4.78, 5) is 22.9. The molecule has 2 N–H and O–H groups in total. The van der Waals surface area contributed by atoms with Crippen LogP contribution >= 0.6 is 0 Å². The van der Waals surface area contributed by atoms with Crippen molar-refractivity contribution in [1.29, 1.82) is 0 Å². The number of carboxylic acids is 2. The number of fused-ring (bicyclic) bond motifs is 3. The second kappa shape index (κ2) is 10.3. The first-order valence-electron chi connectivity index (χ1n) is 14.0. The van der Waals surface area contributed by atoms with Crippen LogP contribution in [-0.4, -0.2) is 22.2 Å². The summed E-state index contributed by atoms with van der Waals surface area (Å²) in [5.41, 5.74) is 10.7. The zero-order valence-corrected chi connectivity index (χ0v) is 23.1. The highest BCUT2D eigenvalue weighted by molar-refractivity contribution is 5.90. The quantitative estimate of drug-likeness (QED) is 0.214. The minimum Gasteiger partial charge on any atom is -0.478 e. The van der Waals surface area contributed by atoms with E-state index in [1.165, 1.54) is 22.3 Å². The molecule has 0 fully saturated rings. The number of carboxylic acid groups (broad SMARTS) is 2. The van der Waals surface area contributed by atoms with E-state index in [9.17, 15) is 19.8 Å². The maximum Gasteiger partial charge on any atom is 0.335 e. The number of hydrogen-bond acceptors (Lipinski definition) is 2. The van der Waals surface area contributed by atoms with E-state index in [4.69, 9.17) is 0 Å². The van der Waals surface area contributed by atoms with E-state index < -0.39 is 17.4 Å². The predicted octanol–water partition coefficient (Wildman–Crippen LogP) is 8.78. The van der Waals surface area contributed by atoms with Crippen LogP contribution in [-0.2, 0) is 5.41 Å². The van der Waals surface area contributed by atoms with Gasteiger partial charge in [-0.3, -0.25) is 0 Å². The highest BCUT2D eigenvalue weighted by Gasteiger charge is 2.46. The Kier molecular flexibility index (Phi) is 6.25. The number of rotatable bonds is 6. The van der Waals surface area contributed by atoms with Gasteiger partial charge in [0.05, 0.1) is 16.5 Å². The molecule has 0 unspecified atom stereocenters. The standard InChI is InChI=1S/C39H26O4/c40-37(41)27-19-15-25(16-20-27)29-7-5-9-31(23-29)39(35-13-3-1-11-33(35)34-12-2-4-14-36(34)39)32-10-6-8-30(24-32)26-17-21-28(22-18-26)38(42)43/h1-24H,(H,40,41)(H,42,43). The van der Waals surface area contributed by atoms with Crippen molar-refractivity contribution in [2.24, 2.45) is 0 Å². The lowest BCUT2D eigenvalue weighted by Crippen LogP contribution is -2.28. The van der Waals surface area contributed by atoms with Crippen molar-refractivity contribution in [3.63, 3.8) is 0 Å². The van der Waals surface area contributed by atoms with E-state index in [-0.39, 0.29) is 11.1 Å². The molecule has 6 aromatic carbocycles. The third-order valence-corrected chi connectivity index (χ3v) is 8.47. The van der Waals surface area contributed by atoms with Gasteiger partial charge in [0.25, 0.3) is 0 Å². The van der Waals surface area contributed by atoms with Gasteiger partial charge in [0.1, 0.15) is 0 Å². The zero-order chi connectivity index (χ0) is 29.6. The van der Waals surface area contributed by atoms with Gasteiger partial charge in [-0.15, -0.1) is 0 Å². The van der Waals surface area contributed by atoms with E-state index >= 15 is 0 Å². The molecule has 0 aromatic heterocycles. The first kappa shape index (κ1) is 26.2. The smallest absolute Gasteiger partial charge is 0.335 e. The Balaban J connectivity index is 1.47. The molecular weight excluding hydrogens is 532 g/mol. The van der Waals surface area contributed by atoms with Gasteiger partial charge in [0.15, 0.2) is 0 Å². The van der Waals surface area contributed by atoms with E-state index in [0.29, 0.717) is 0 Å². The van der Waals surface area contributed by atoms with Crippen LogP contribution in [0.5, 0.6) is 0 Å². The fourth-order valence-electron chi connectivity index (χ4n) is 6.50. The third-order valence-electron chi connectivity index (χ3n) is 8.47. The van der Waals surface area contributed by atoms with Crippen LogP contribution in [0.4, 0.5) is 0 Å². The topological polar surface area (TPSA) is 74.6 Å². The van der Waals surface area contributed by atoms with Crippen molar-refractivity contribution < 1.29 is 19.8 Å². The van der Waals surface area contributed by atoms with Gasteiger partial charge < -0.3 is 10.2 Å². The van der Waals surface area contributed by atoms with Crippen LogP contribution in [0.3, 0.4) is 0 Å². The van der Waals surface area contributed by atoms with Gasteiger partial charge in [0, 0.05) is 0 Å². The number of benzene rings is 6. The molecule has 0 saturated heterocycles. The molecule has 4 heteroatoms. The Labute approximate surface area is 249 Å². The SMILES string of the molecule is O=C(O)c1ccc(-c2cccc(C3(c4cccc(-c5ccc(C(=O)O)cc5)c4)c4ccccc4-c4ccccc43)c2)cc1. The molecule has 1 aliphatic rings. The molecule has 206 valence electrons. The first-order valence-corrected chi connectivity index (χ1v) is 14.0. The second-order valence-electron chi connectivity index (χ2n) is 10.8. The maximum absolute atomic E-state index is 11.5. The molecule has 0 atom stereocenters. The maximum atomic E-state index is 11.5. The average molecular weight is 559 g/mol. The van der Waals surface area contributed by atoms with Crippen molar-refractivity contribution in [2.45, 2.75) is 5.41 Å². The van der Waals surface area contributed by atoms with E-state index in [2.05, 4.69) is 97.1 Å². The van der Waals surface area contributed by atoms with Crippen LogP contribution in [0.2, 0.25) is 0 Å². The van der Waals surface area contributed by atoms with Gasteiger partial charge >= 0.3 is 11.9 Å². The van der Waals surface area contributed by atoms with Crippen molar-refractivity contribution in [3.05, 3.63) is 179 Å². The molecule has 1 aliphatic carbocycles. The molecule has 43 heavy (non-hydrogen) atoms. The zero-order valence-electron chi connectivity index (χ0n) is 23.1. The first-order chi connectivity index (χ1) is 21.0. The average Bonchev–Trinajstić information content (AvgIpc) is 3.36. The molecule has 6 aromatic rings. The summed E-state index contributed by atoms with van der Waals surface area (Å²) >= 11 is 0. The third kappa shape index (κ3) is 4.23. The van der Waals surface area contributed by atoms with E-state index in [1.807, 2.05) is 24.3 Å². The molecule has 0 radical (unpaired) electrons. The molecular formula is C39H26O4. The summed E-state index contributed by atoms with van der Waals surface area (Å²) in [6.45, 7) is 0. The summed E-state index contributed by atoms with van der Waals surface area (Å²) in [6, 6.07) is 48.1. The lowest BCUT2D eigenvalue weighted by atomic mass is 9.67. The number of aromatic carboxylic acids is 2. The van der Waals surface area contributed by atoms with Crippen molar-refractivity contribution in [3.8, 4) is 33.4 Å². The Hall–Kier alpha value is -5.74. The normalized spacial score (nSPS) is 12.7. The summed E-state index contributed by atoms with van der Waals surface area (Å²) in [5.74, 6) is -1.90. The molecule has 0 aliphatic heterocycles. The summed E-state index contributed by atoms with van der Waals surface area (Å²) in [7, 11) is 0. The monoisotopic (exact) mass is 558 g/mol. The Morgan fingerprint density at radius 3 is 1.21 bits per heavy atom. The fraction of sp³-hybridized carbons (Fsp3) is 0.0256. The number of carbonyl (C=O) groups is 2. The minimum atomic E-state index is -0.948. The Bertz CT molecular complexity index is 1870. The second-order valence-corrected chi connectivity index (χ2v) is 10.8. The molecule has 7 rings (SSSR count). The highest BCUT2D eigenvalue weighted by Crippen LogP contribution is 2.56. The molecule has 0 saturated carbocycles. The van der Waals surface area contributed by atoms with Gasteiger partial charge in [-0.1, -0.05) is 109 Å². The summed E-state index contributed by atoms with van der Waals surface area (Å²) in [5, 5.41) is 18.8. The van der Waals surface area contributed by atoms with Crippen LogP contribution in [0, 0.1) is 0 Å². The van der Waals surface area contributed by atoms with Crippen molar-refractivity contribution >= 4 is 11.9 Å². The Morgan fingerprint density at radius 1 is 0.419 bits per heavy atom. The van der Waals surface area contributed by atoms with Gasteiger partial charge in [0.2, 0.25) is 0 Å². The predicted molar refractivity (Wildman–Crippen MR) is 169 cm³/mol. The van der Waals surface area contributed by atoms with Crippen LogP contribution in [0.25, 0.3) is 33.4 Å². The lowest BCUT2D eigenvalue weighted by Gasteiger charge is -2.34. The van der Waals surface area contributed by atoms with Crippen LogP contribution < -0.4 is 0 Å². The highest BCUT2D eigenvalue weighted by atomic mass is 16.4. The lowest BCUT2D eigenvalue weighted by molar-refractivity contribution is 0.0686. The summed E-state index contributed by atoms with van der Waals surface area (Å²) in [6.07, 6.45) is 0. The number of hydrogen-bond donors (Lipinski definition) is 2. The molecule has 0 spiro atoms.